The number of carbonyl (C=O) groups is 2. The molecule has 0 spiro atoms. The Labute approximate surface area is 229 Å². The van der Waals surface area contributed by atoms with Crippen molar-refractivity contribution in [3.63, 3.8) is 0 Å². The third kappa shape index (κ3) is 7.97. The summed E-state index contributed by atoms with van der Waals surface area (Å²) in [6.07, 6.45) is 1.12. The summed E-state index contributed by atoms with van der Waals surface area (Å²) < 4.78 is 11.3. The number of aliphatic hydroxyl groups excluding tert-OH is 1. The first-order valence-corrected chi connectivity index (χ1v) is 12.1. The molecule has 13 heteroatoms. The maximum absolute atomic E-state index is 13.1. The van der Waals surface area contributed by atoms with Crippen molar-refractivity contribution in [2.45, 2.75) is 33.1 Å². The monoisotopic (exact) mass is 557 g/mol. The number of nitrogens with one attached hydrogen (secondary N) is 2. The van der Waals surface area contributed by atoms with Gasteiger partial charge in [0.2, 0.25) is 0 Å². The Morgan fingerprint density at radius 1 is 1.18 bits per heavy atom. The normalized spacial score (nSPS) is 11.3. The van der Waals surface area contributed by atoms with Crippen LogP contribution in [0.4, 0.5) is 11.5 Å². The van der Waals surface area contributed by atoms with Crippen LogP contribution >= 0.6 is 11.6 Å². The molecule has 0 aliphatic heterocycles. The van der Waals surface area contributed by atoms with E-state index in [0.717, 1.165) is 0 Å². The van der Waals surface area contributed by atoms with Crippen LogP contribution < -0.4 is 25.8 Å². The number of carbonyl (C=O) groups excluding carboxylic acids is 1. The molecule has 0 unspecified atom stereocenters. The Morgan fingerprint density at radius 3 is 2.51 bits per heavy atom. The number of aliphatic carboxylic acids is 1. The third-order valence-electron chi connectivity index (χ3n) is 5.17. The Hall–Kier alpha value is -4.55. The Balaban J connectivity index is 1.89. The Bertz CT molecular complexity index is 1360. The molecule has 1 aromatic heterocycles. The zero-order valence-corrected chi connectivity index (χ0v) is 21.9. The maximum Gasteiger partial charge on any atom is 0.341 e. The smallest absolute Gasteiger partial charge is 0.341 e. The van der Waals surface area contributed by atoms with Gasteiger partial charge in [-0.15, -0.1) is 0 Å². The van der Waals surface area contributed by atoms with E-state index in [0.29, 0.717) is 22.4 Å². The van der Waals surface area contributed by atoms with Crippen LogP contribution in [-0.2, 0) is 17.9 Å². The van der Waals surface area contributed by atoms with Gasteiger partial charge < -0.3 is 41.3 Å². The third-order valence-corrected chi connectivity index (χ3v) is 5.37. The number of amides is 1. The first-order valence-electron chi connectivity index (χ1n) is 11.7. The predicted octanol–water partition coefficient (Wildman–Crippen LogP) is 3.44. The molecule has 0 bridgehead atoms. The van der Waals surface area contributed by atoms with Crippen LogP contribution in [0.3, 0.4) is 0 Å². The first-order chi connectivity index (χ1) is 18.6. The molecular formula is C26H28ClN5O7. The summed E-state index contributed by atoms with van der Waals surface area (Å²) in [5.74, 6) is -1.12. The molecule has 1 heterocycles. The number of nitrogens with zero attached hydrogens (tertiary/aromatic N) is 2. The fourth-order valence-electron chi connectivity index (χ4n) is 3.50. The molecule has 0 aliphatic rings. The zero-order valence-electron chi connectivity index (χ0n) is 21.1. The SMILES string of the molecule is CC(C)Oc1cc(CO)cc(CNc2ncc(Cl)cc2C(=O)Nc2ccc(/C(N)=N/O)cc2)c1OCC(=O)O. The number of rotatable bonds is 12. The molecule has 0 radical (unpaired) electrons. The Morgan fingerprint density at radius 2 is 1.90 bits per heavy atom. The highest BCUT2D eigenvalue weighted by Crippen LogP contribution is 2.35. The van der Waals surface area contributed by atoms with E-state index in [9.17, 15) is 14.7 Å². The highest BCUT2D eigenvalue weighted by molar-refractivity contribution is 6.31. The van der Waals surface area contributed by atoms with E-state index in [-0.39, 0.29) is 53.0 Å². The molecule has 7 N–H and O–H groups in total. The van der Waals surface area contributed by atoms with E-state index >= 15 is 0 Å². The van der Waals surface area contributed by atoms with Gasteiger partial charge in [0, 0.05) is 29.6 Å². The first kappa shape index (κ1) is 29.0. The van der Waals surface area contributed by atoms with Crippen molar-refractivity contribution in [3.05, 3.63) is 75.9 Å². The molecule has 0 atom stereocenters. The number of pyridine rings is 1. The van der Waals surface area contributed by atoms with Crippen molar-refractivity contribution in [1.82, 2.24) is 4.98 Å². The highest BCUT2D eigenvalue weighted by Gasteiger charge is 2.19. The average molecular weight is 558 g/mol. The zero-order chi connectivity index (χ0) is 28.5. The number of carboxylic acids is 1. The lowest BCUT2D eigenvalue weighted by atomic mass is 10.1. The van der Waals surface area contributed by atoms with Crippen LogP contribution in [0.2, 0.25) is 5.02 Å². The van der Waals surface area contributed by atoms with Gasteiger partial charge in [-0.1, -0.05) is 16.8 Å². The van der Waals surface area contributed by atoms with Crippen molar-refractivity contribution in [3.8, 4) is 11.5 Å². The van der Waals surface area contributed by atoms with Gasteiger partial charge in [0.05, 0.1) is 23.3 Å². The standard InChI is InChI=1S/C26H28ClN5O7/c1-14(2)39-21-8-15(12-33)7-17(23(21)38-13-22(34)35)10-29-25-20(9-18(27)11-30-25)26(36)31-19-5-3-16(4-6-19)24(28)32-37/h3-9,11,14,33,37H,10,12-13H2,1-2H3,(H2,28,32)(H,29,30)(H,31,36)(H,34,35). The average Bonchev–Trinajstić information content (AvgIpc) is 2.90. The second-order valence-corrected chi connectivity index (χ2v) is 8.95. The van der Waals surface area contributed by atoms with Gasteiger partial charge in [-0.25, -0.2) is 9.78 Å². The van der Waals surface area contributed by atoms with Crippen molar-refractivity contribution < 1.29 is 34.5 Å². The molecule has 0 saturated heterocycles. The van der Waals surface area contributed by atoms with Crippen molar-refractivity contribution in [2.75, 3.05) is 17.2 Å². The molecule has 39 heavy (non-hydrogen) atoms. The summed E-state index contributed by atoms with van der Waals surface area (Å²) in [5.41, 5.74) is 7.60. The molecule has 2 aromatic carbocycles. The van der Waals surface area contributed by atoms with Crippen LogP contribution in [0.15, 0.2) is 53.8 Å². The van der Waals surface area contributed by atoms with Gasteiger partial charge in [-0.05, 0) is 61.9 Å². The highest BCUT2D eigenvalue weighted by atomic mass is 35.5. The summed E-state index contributed by atoms with van der Waals surface area (Å²) in [6, 6.07) is 11.0. The number of halogens is 1. The number of benzene rings is 2. The molecule has 0 aliphatic carbocycles. The summed E-state index contributed by atoms with van der Waals surface area (Å²) in [6.45, 7) is 2.75. The topological polar surface area (TPSA) is 189 Å². The number of carboxylic acid groups (broad SMARTS) is 1. The summed E-state index contributed by atoms with van der Waals surface area (Å²) in [5, 5.41) is 36.7. The number of hydrogen-bond acceptors (Lipinski definition) is 9. The number of amidine groups is 1. The molecule has 206 valence electrons. The molecule has 12 nitrogen and oxygen atoms in total. The lowest BCUT2D eigenvalue weighted by Gasteiger charge is -2.20. The van der Waals surface area contributed by atoms with Gasteiger partial charge in [0.25, 0.3) is 5.91 Å². The molecule has 3 rings (SSSR count). The van der Waals surface area contributed by atoms with E-state index in [1.807, 2.05) is 0 Å². The fraction of sp³-hybridized carbons (Fsp3) is 0.231. The summed E-state index contributed by atoms with van der Waals surface area (Å²) in [4.78, 5) is 28.5. The van der Waals surface area contributed by atoms with Crippen molar-refractivity contribution >= 4 is 40.8 Å². The number of hydrogen-bond donors (Lipinski definition) is 6. The van der Waals surface area contributed by atoms with E-state index in [1.54, 1.807) is 50.2 Å². The molecule has 1 amide bonds. The molecule has 3 aromatic rings. The van der Waals surface area contributed by atoms with Gasteiger partial charge in [0.1, 0.15) is 5.82 Å². The van der Waals surface area contributed by atoms with E-state index in [2.05, 4.69) is 20.8 Å². The van der Waals surface area contributed by atoms with E-state index in [1.165, 1.54) is 12.3 Å². The number of nitrogens with two attached hydrogens (primary N) is 1. The maximum atomic E-state index is 13.1. The van der Waals surface area contributed by atoms with E-state index in [4.69, 9.17) is 37.1 Å². The predicted molar refractivity (Wildman–Crippen MR) is 145 cm³/mol. The number of ether oxygens (including phenoxy) is 2. The van der Waals surface area contributed by atoms with Gasteiger partial charge >= 0.3 is 5.97 Å². The van der Waals surface area contributed by atoms with E-state index < -0.39 is 18.5 Å². The quantitative estimate of drug-likeness (QED) is 0.0832. The van der Waals surface area contributed by atoms with Gasteiger partial charge in [0.15, 0.2) is 23.9 Å². The summed E-state index contributed by atoms with van der Waals surface area (Å²) in [7, 11) is 0. The lowest BCUT2D eigenvalue weighted by Crippen LogP contribution is -2.17. The van der Waals surface area contributed by atoms with Crippen LogP contribution in [0.5, 0.6) is 11.5 Å². The fourth-order valence-corrected chi connectivity index (χ4v) is 3.66. The largest absolute Gasteiger partial charge is 0.487 e. The van der Waals surface area contributed by atoms with Gasteiger partial charge in [-0.2, -0.15) is 0 Å². The van der Waals surface area contributed by atoms with Crippen LogP contribution in [0.25, 0.3) is 0 Å². The molecule has 0 saturated carbocycles. The Kier molecular flexibility index (Phi) is 9.90. The second kappa shape index (κ2) is 13.3. The molecule has 0 fully saturated rings. The number of aliphatic hydroxyl groups is 1. The lowest BCUT2D eigenvalue weighted by molar-refractivity contribution is -0.139. The number of oxime groups is 1. The van der Waals surface area contributed by atoms with Gasteiger partial charge in [-0.3, -0.25) is 4.79 Å². The number of anilines is 2. The van der Waals surface area contributed by atoms with Crippen molar-refractivity contribution in [1.29, 1.82) is 0 Å². The van der Waals surface area contributed by atoms with Crippen LogP contribution in [0.1, 0.15) is 40.9 Å². The van der Waals surface area contributed by atoms with Crippen LogP contribution in [-0.4, -0.2) is 50.8 Å². The second-order valence-electron chi connectivity index (χ2n) is 8.51. The molecular weight excluding hydrogens is 530 g/mol. The minimum atomic E-state index is -1.17. The van der Waals surface area contributed by atoms with Crippen molar-refractivity contribution in [2.24, 2.45) is 10.9 Å². The minimum Gasteiger partial charge on any atom is -0.487 e. The number of aromatic nitrogens is 1. The summed E-state index contributed by atoms with van der Waals surface area (Å²) >= 11 is 6.12. The van der Waals surface area contributed by atoms with Crippen LogP contribution in [0, 0.1) is 0 Å². The minimum absolute atomic E-state index is 0.0423.